The molecule has 5 rings (SSSR count). The lowest BCUT2D eigenvalue weighted by atomic mass is 10.2. The Labute approximate surface area is 208 Å². The van der Waals surface area contributed by atoms with Gasteiger partial charge in [0.15, 0.2) is 11.5 Å². The van der Waals surface area contributed by atoms with Crippen LogP contribution in [0.4, 0.5) is 10.6 Å². The van der Waals surface area contributed by atoms with Crippen LogP contribution in [0, 0.1) is 0 Å². The predicted molar refractivity (Wildman–Crippen MR) is 132 cm³/mol. The number of hydrogen-bond donors (Lipinski definition) is 2. The van der Waals surface area contributed by atoms with E-state index in [4.69, 9.17) is 21.4 Å². The van der Waals surface area contributed by atoms with Crippen molar-refractivity contribution in [1.29, 1.82) is 0 Å². The summed E-state index contributed by atoms with van der Waals surface area (Å²) < 4.78 is 8.74. The van der Waals surface area contributed by atoms with E-state index in [1.54, 1.807) is 64.3 Å². The third kappa shape index (κ3) is 4.14. The Morgan fingerprint density at radius 2 is 2.06 bits per heavy atom. The fourth-order valence-electron chi connectivity index (χ4n) is 3.72. The molecule has 36 heavy (non-hydrogen) atoms. The number of anilines is 1. The minimum absolute atomic E-state index is 0.202. The van der Waals surface area contributed by atoms with Crippen LogP contribution in [0.15, 0.2) is 55.1 Å². The maximum Gasteiger partial charge on any atom is 0.407 e. The fraction of sp³-hybridized carbons (Fsp3) is 0.130. The minimum Gasteiger partial charge on any atom is -0.494 e. The highest BCUT2D eigenvalue weighted by Gasteiger charge is 2.20. The highest BCUT2D eigenvalue weighted by molar-refractivity contribution is 6.30. The molecule has 0 aliphatic carbocycles. The second kappa shape index (κ2) is 9.15. The van der Waals surface area contributed by atoms with Gasteiger partial charge in [0.25, 0.3) is 0 Å². The Hall–Kier alpha value is -4.71. The molecule has 0 fully saturated rings. The number of aromatic nitrogens is 6. The number of hydrogen-bond acceptors (Lipinski definition) is 7. The Bertz CT molecular complexity index is 1630. The van der Waals surface area contributed by atoms with Crippen LogP contribution in [-0.4, -0.2) is 72.1 Å². The summed E-state index contributed by atoms with van der Waals surface area (Å²) in [6.07, 6.45) is 5.47. The molecule has 1 aromatic carbocycles. The summed E-state index contributed by atoms with van der Waals surface area (Å²) in [6.45, 7) is -0.371. The Kier molecular flexibility index (Phi) is 5.86. The molecule has 0 saturated heterocycles. The van der Waals surface area contributed by atoms with Crippen molar-refractivity contribution >= 4 is 46.0 Å². The van der Waals surface area contributed by atoms with Crippen molar-refractivity contribution < 1.29 is 19.4 Å². The van der Waals surface area contributed by atoms with Gasteiger partial charge < -0.3 is 20.1 Å². The van der Waals surface area contributed by atoms with Crippen LogP contribution in [0.25, 0.3) is 33.5 Å². The number of methoxy groups -OCH3 is 1. The molecular formula is C23H19ClN8O4. The van der Waals surface area contributed by atoms with Crippen LogP contribution in [-0.2, 0) is 4.79 Å². The number of ether oxygens (including phenoxy) is 1. The maximum atomic E-state index is 12.5. The van der Waals surface area contributed by atoms with E-state index in [2.05, 4.69) is 25.5 Å². The zero-order valence-electron chi connectivity index (χ0n) is 19.1. The van der Waals surface area contributed by atoms with Crippen LogP contribution < -0.4 is 10.1 Å². The van der Waals surface area contributed by atoms with E-state index in [0.717, 1.165) is 4.90 Å². The number of amides is 2. The summed E-state index contributed by atoms with van der Waals surface area (Å²) in [5.41, 5.74) is 3.05. The van der Waals surface area contributed by atoms with Crippen LogP contribution >= 0.6 is 11.6 Å². The summed E-state index contributed by atoms with van der Waals surface area (Å²) in [7, 11) is 2.83. The first-order valence-electron chi connectivity index (χ1n) is 10.6. The van der Waals surface area contributed by atoms with Gasteiger partial charge in [0.1, 0.15) is 18.0 Å². The van der Waals surface area contributed by atoms with Crippen molar-refractivity contribution in [2.45, 2.75) is 0 Å². The second-order valence-corrected chi connectivity index (χ2v) is 8.23. The summed E-state index contributed by atoms with van der Waals surface area (Å²) >= 11 is 6.27. The van der Waals surface area contributed by atoms with E-state index < -0.39 is 12.0 Å². The topological polar surface area (TPSA) is 140 Å². The van der Waals surface area contributed by atoms with Crippen molar-refractivity contribution in [3.05, 3.63) is 60.1 Å². The molecule has 0 saturated carbocycles. The van der Waals surface area contributed by atoms with E-state index >= 15 is 0 Å². The maximum absolute atomic E-state index is 12.5. The number of likely N-dealkylation sites (N-methyl/N-ethyl adjacent to an activating group) is 1. The molecule has 0 bridgehead atoms. The van der Waals surface area contributed by atoms with Crippen LogP contribution in [0.5, 0.6) is 5.75 Å². The molecule has 4 heterocycles. The number of nitrogens with one attached hydrogen (secondary N) is 1. The second-order valence-electron chi connectivity index (χ2n) is 7.80. The van der Waals surface area contributed by atoms with Crippen molar-refractivity contribution in [3.63, 3.8) is 0 Å². The molecular weight excluding hydrogens is 488 g/mol. The molecule has 0 radical (unpaired) electrons. The molecule has 182 valence electrons. The first-order chi connectivity index (χ1) is 17.4. The van der Waals surface area contributed by atoms with E-state index in [9.17, 15) is 9.59 Å². The van der Waals surface area contributed by atoms with E-state index in [0.29, 0.717) is 44.3 Å². The number of halogens is 1. The highest BCUT2D eigenvalue weighted by atomic mass is 35.5. The molecule has 4 aromatic heterocycles. The molecule has 0 atom stereocenters. The molecule has 13 heteroatoms. The first-order valence-corrected chi connectivity index (χ1v) is 11.0. The average Bonchev–Trinajstić information content (AvgIpc) is 3.45. The predicted octanol–water partition coefficient (Wildman–Crippen LogP) is 3.34. The van der Waals surface area contributed by atoms with Gasteiger partial charge in [-0.15, -0.1) is 5.10 Å². The van der Waals surface area contributed by atoms with Crippen LogP contribution in [0.2, 0.25) is 5.02 Å². The monoisotopic (exact) mass is 506 g/mol. The standard InChI is InChI=1S/C23H19ClN8O4/c1-30(23(34)35)12-20(33)28-21-15-10-26-16(14-11-27-31-7-3-6-25-22(14)31)9-17(15)32(29-21)18-8-13(24)4-5-19(18)36-2/h3-11H,12H2,1-2H3,(H,34,35)(H,28,29,33). The molecule has 0 spiro atoms. The molecule has 2 amide bonds. The van der Waals surface area contributed by atoms with Gasteiger partial charge >= 0.3 is 6.09 Å². The summed E-state index contributed by atoms with van der Waals surface area (Å²) in [6, 6.07) is 8.67. The molecule has 0 aliphatic rings. The minimum atomic E-state index is -1.22. The van der Waals surface area contributed by atoms with Gasteiger partial charge in [-0.3, -0.25) is 9.78 Å². The normalized spacial score (nSPS) is 11.1. The van der Waals surface area contributed by atoms with Crippen LogP contribution in [0.1, 0.15) is 0 Å². The van der Waals surface area contributed by atoms with Crippen molar-refractivity contribution in [2.75, 3.05) is 26.0 Å². The van der Waals surface area contributed by atoms with Crippen molar-refractivity contribution in [1.82, 2.24) is 34.3 Å². The third-order valence-corrected chi connectivity index (χ3v) is 5.69. The SMILES string of the molecule is COc1ccc(Cl)cc1-n1nc(NC(=O)CN(C)C(=O)O)c2cnc(-c3cnn4cccnc34)cc21. The Morgan fingerprint density at radius 3 is 2.83 bits per heavy atom. The average molecular weight is 507 g/mol. The van der Waals surface area contributed by atoms with Gasteiger partial charge in [0, 0.05) is 30.7 Å². The number of fused-ring (bicyclic) bond motifs is 2. The number of nitrogens with zero attached hydrogens (tertiary/aromatic N) is 7. The zero-order chi connectivity index (χ0) is 25.4. The largest absolute Gasteiger partial charge is 0.494 e. The van der Waals surface area contributed by atoms with Crippen molar-refractivity contribution in [2.24, 2.45) is 0 Å². The smallest absolute Gasteiger partial charge is 0.407 e. The first kappa shape index (κ1) is 23.1. The Balaban J connectivity index is 1.67. The number of pyridine rings is 1. The quantitative estimate of drug-likeness (QED) is 0.357. The van der Waals surface area contributed by atoms with Gasteiger partial charge in [0.05, 0.1) is 35.5 Å². The summed E-state index contributed by atoms with van der Waals surface area (Å²) in [4.78, 5) is 33.5. The number of carbonyl (C=O) groups is 2. The molecule has 2 N–H and O–H groups in total. The van der Waals surface area contributed by atoms with Gasteiger partial charge in [-0.25, -0.2) is 19.0 Å². The van der Waals surface area contributed by atoms with Crippen molar-refractivity contribution in [3.8, 4) is 22.7 Å². The van der Waals surface area contributed by atoms with E-state index in [-0.39, 0.29) is 12.4 Å². The lowest BCUT2D eigenvalue weighted by molar-refractivity contribution is -0.116. The lowest BCUT2D eigenvalue weighted by Gasteiger charge is -2.11. The van der Waals surface area contributed by atoms with Crippen LogP contribution in [0.3, 0.4) is 0 Å². The number of carboxylic acid groups (broad SMARTS) is 1. The molecule has 0 unspecified atom stereocenters. The molecule has 5 aromatic rings. The fourth-order valence-corrected chi connectivity index (χ4v) is 3.89. The highest BCUT2D eigenvalue weighted by Crippen LogP contribution is 2.34. The van der Waals surface area contributed by atoms with Gasteiger partial charge in [-0.2, -0.15) is 5.10 Å². The summed E-state index contributed by atoms with van der Waals surface area (Å²) in [5, 5.41) is 21.7. The molecule has 0 aliphatic heterocycles. The number of carbonyl (C=O) groups excluding carboxylic acids is 1. The van der Waals surface area contributed by atoms with Gasteiger partial charge in [0.2, 0.25) is 5.91 Å². The van der Waals surface area contributed by atoms with Gasteiger partial charge in [-0.05, 0) is 30.3 Å². The number of benzene rings is 1. The third-order valence-electron chi connectivity index (χ3n) is 5.45. The number of rotatable bonds is 6. The van der Waals surface area contributed by atoms with E-state index in [1.807, 2.05) is 0 Å². The Morgan fingerprint density at radius 1 is 1.22 bits per heavy atom. The van der Waals surface area contributed by atoms with Gasteiger partial charge in [-0.1, -0.05) is 11.6 Å². The summed E-state index contributed by atoms with van der Waals surface area (Å²) in [5.74, 6) is 0.150. The molecule has 12 nitrogen and oxygen atoms in total. The lowest BCUT2D eigenvalue weighted by Crippen LogP contribution is -2.33. The zero-order valence-corrected chi connectivity index (χ0v) is 19.8. The van der Waals surface area contributed by atoms with E-state index in [1.165, 1.54) is 14.2 Å².